The maximum absolute atomic E-state index is 5.51. The molecule has 1 saturated heterocycles. The van der Waals surface area contributed by atoms with Crippen LogP contribution in [0.3, 0.4) is 0 Å². The van der Waals surface area contributed by atoms with Crippen LogP contribution in [0.25, 0.3) is 16.7 Å². The Morgan fingerprint density at radius 2 is 1.96 bits per heavy atom. The summed E-state index contributed by atoms with van der Waals surface area (Å²) in [6, 6.07) is 12.1. The average molecular weight is 374 g/mol. The van der Waals surface area contributed by atoms with Gasteiger partial charge in [-0.05, 0) is 44.0 Å². The van der Waals surface area contributed by atoms with Gasteiger partial charge >= 0.3 is 0 Å². The maximum atomic E-state index is 5.51. The Hall–Kier alpha value is -3.06. The van der Waals surface area contributed by atoms with Gasteiger partial charge < -0.3 is 9.30 Å². The van der Waals surface area contributed by atoms with Crippen LogP contribution in [0.4, 0.5) is 0 Å². The van der Waals surface area contributed by atoms with Crippen molar-refractivity contribution in [3.63, 3.8) is 0 Å². The molecule has 1 fully saturated rings. The molecule has 7 heteroatoms. The first-order valence-electron chi connectivity index (χ1n) is 9.68. The van der Waals surface area contributed by atoms with Crippen molar-refractivity contribution in [1.29, 1.82) is 0 Å². The first kappa shape index (κ1) is 17.1. The SMILES string of the molecule is C[C@H](c1nc(C2CCOCC2)nn1-c1cccnc1)n1cnc2ccccc21. The van der Waals surface area contributed by atoms with Crippen LogP contribution in [-0.4, -0.2) is 42.5 Å². The number of nitrogens with zero attached hydrogens (tertiary/aromatic N) is 6. The normalized spacial score (nSPS) is 16.5. The number of fused-ring (bicyclic) bond motifs is 1. The highest BCUT2D eigenvalue weighted by molar-refractivity contribution is 5.75. The van der Waals surface area contributed by atoms with Gasteiger partial charge in [0, 0.05) is 25.3 Å². The van der Waals surface area contributed by atoms with Crippen LogP contribution >= 0.6 is 0 Å². The molecule has 142 valence electrons. The lowest BCUT2D eigenvalue weighted by atomic mass is 10.00. The summed E-state index contributed by atoms with van der Waals surface area (Å²) in [6.45, 7) is 3.67. The van der Waals surface area contributed by atoms with E-state index in [9.17, 15) is 0 Å². The number of hydrogen-bond acceptors (Lipinski definition) is 5. The molecule has 1 atom stereocenters. The summed E-state index contributed by atoms with van der Waals surface area (Å²) in [6.07, 6.45) is 7.39. The van der Waals surface area contributed by atoms with Crippen LogP contribution in [-0.2, 0) is 4.74 Å². The van der Waals surface area contributed by atoms with Gasteiger partial charge in [-0.1, -0.05) is 12.1 Å². The number of ether oxygens (including phenoxy) is 1. The number of rotatable bonds is 4. The third-order valence-corrected chi connectivity index (χ3v) is 5.40. The standard InChI is InChI=1S/C21H22N6O/c1-15(26-14-23-18-6-2-3-7-19(18)26)21-24-20(16-8-11-28-12-9-16)25-27(21)17-5-4-10-22-13-17/h2-7,10,13-16H,8-9,11-12H2,1H3/t15-/m1/s1. The zero-order chi connectivity index (χ0) is 18.9. The number of hydrogen-bond donors (Lipinski definition) is 0. The van der Waals surface area contributed by atoms with Gasteiger partial charge in [0.15, 0.2) is 11.6 Å². The Kier molecular flexibility index (Phi) is 4.37. The van der Waals surface area contributed by atoms with E-state index in [1.54, 1.807) is 6.20 Å². The summed E-state index contributed by atoms with van der Waals surface area (Å²) in [5.74, 6) is 2.10. The molecule has 0 unspecified atom stereocenters. The molecule has 4 aromatic rings. The second kappa shape index (κ2) is 7.16. The van der Waals surface area contributed by atoms with Crippen molar-refractivity contribution in [2.24, 2.45) is 0 Å². The second-order valence-corrected chi connectivity index (χ2v) is 7.15. The number of imidazole rings is 1. The van der Waals surface area contributed by atoms with Gasteiger partial charge in [0.2, 0.25) is 0 Å². The minimum atomic E-state index is -0.0197. The fourth-order valence-electron chi connectivity index (χ4n) is 3.82. The highest BCUT2D eigenvalue weighted by Gasteiger charge is 2.26. The topological polar surface area (TPSA) is 70.7 Å². The molecule has 0 bridgehead atoms. The van der Waals surface area contributed by atoms with E-state index in [-0.39, 0.29) is 6.04 Å². The van der Waals surface area contributed by atoms with Gasteiger partial charge in [0.1, 0.15) is 0 Å². The van der Waals surface area contributed by atoms with E-state index in [1.807, 2.05) is 47.5 Å². The van der Waals surface area contributed by atoms with E-state index in [2.05, 4.69) is 27.5 Å². The number of benzene rings is 1. The van der Waals surface area contributed by atoms with E-state index < -0.39 is 0 Å². The summed E-state index contributed by atoms with van der Waals surface area (Å²) in [5.41, 5.74) is 2.98. The quantitative estimate of drug-likeness (QED) is 0.547. The van der Waals surface area contributed by atoms with Crippen LogP contribution in [0.1, 0.15) is 43.4 Å². The Morgan fingerprint density at radius 3 is 2.79 bits per heavy atom. The summed E-state index contributed by atoms with van der Waals surface area (Å²) in [7, 11) is 0. The zero-order valence-corrected chi connectivity index (χ0v) is 15.8. The van der Waals surface area contributed by atoms with Gasteiger partial charge in [-0.2, -0.15) is 5.10 Å². The molecular formula is C21H22N6O. The van der Waals surface area contributed by atoms with Crippen molar-refractivity contribution >= 4 is 11.0 Å². The van der Waals surface area contributed by atoms with Gasteiger partial charge in [0.05, 0.1) is 35.3 Å². The molecule has 28 heavy (non-hydrogen) atoms. The minimum absolute atomic E-state index is 0.0197. The Morgan fingerprint density at radius 1 is 1.11 bits per heavy atom. The van der Waals surface area contributed by atoms with E-state index >= 15 is 0 Å². The third-order valence-electron chi connectivity index (χ3n) is 5.40. The lowest BCUT2D eigenvalue weighted by molar-refractivity contribution is 0.0836. The zero-order valence-electron chi connectivity index (χ0n) is 15.8. The van der Waals surface area contributed by atoms with Crippen LogP contribution in [0.15, 0.2) is 55.1 Å². The Bertz CT molecular complexity index is 1080. The van der Waals surface area contributed by atoms with Crippen molar-refractivity contribution in [1.82, 2.24) is 29.3 Å². The molecule has 3 aromatic heterocycles. The van der Waals surface area contributed by atoms with Crippen molar-refractivity contribution in [3.8, 4) is 5.69 Å². The molecule has 5 rings (SSSR count). The molecule has 1 aromatic carbocycles. The van der Waals surface area contributed by atoms with Gasteiger partial charge in [-0.25, -0.2) is 14.6 Å². The summed E-state index contributed by atoms with van der Waals surface area (Å²) in [5, 5.41) is 4.89. The minimum Gasteiger partial charge on any atom is -0.381 e. The predicted molar refractivity (Wildman–Crippen MR) is 105 cm³/mol. The number of para-hydroxylation sites is 2. The largest absolute Gasteiger partial charge is 0.381 e. The van der Waals surface area contributed by atoms with Crippen LogP contribution in [0.5, 0.6) is 0 Å². The molecule has 0 saturated carbocycles. The maximum Gasteiger partial charge on any atom is 0.155 e. The van der Waals surface area contributed by atoms with Crippen LogP contribution in [0, 0.1) is 0 Å². The van der Waals surface area contributed by atoms with Gasteiger partial charge in [0.25, 0.3) is 0 Å². The molecular weight excluding hydrogens is 352 g/mol. The first-order valence-corrected chi connectivity index (χ1v) is 9.68. The van der Waals surface area contributed by atoms with Crippen molar-refractivity contribution in [3.05, 3.63) is 66.8 Å². The van der Waals surface area contributed by atoms with E-state index in [4.69, 9.17) is 14.8 Å². The van der Waals surface area contributed by atoms with E-state index in [0.717, 1.165) is 54.4 Å². The van der Waals surface area contributed by atoms with Crippen LogP contribution < -0.4 is 0 Å². The Balaban J connectivity index is 1.61. The summed E-state index contributed by atoms with van der Waals surface area (Å²) < 4.78 is 9.59. The molecule has 1 aliphatic heterocycles. The molecule has 0 aliphatic carbocycles. The lowest BCUT2D eigenvalue weighted by Crippen LogP contribution is -2.15. The average Bonchev–Trinajstić information content (AvgIpc) is 3.40. The third kappa shape index (κ3) is 2.97. The molecule has 0 amide bonds. The first-order chi connectivity index (χ1) is 13.8. The second-order valence-electron chi connectivity index (χ2n) is 7.15. The van der Waals surface area contributed by atoms with Crippen LogP contribution in [0.2, 0.25) is 0 Å². The fraction of sp³-hybridized carbons (Fsp3) is 0.333. The lowest BCUT2D eigenvalue weighted by Gasteiger charge is -2.18. The van der Waals surface area contributed by atoms with Gasteiger partial charge in [-0.3, -0.25) is 4.98 Å². The highest BCUT2D eigenvalue weighted by atomic mass is 16.5. The smallest absolute Gasteiger partial charge is 0.155 e. The molecule has 7 nitrogen and oxygen atoms in total. The highest BCUT2D eigenvalue weighted by Crippen LogP contribution is 2.29. The Labute approximate surface area is 163 Å². The molecule has 0 N–H and O–H groups in total. The van der Waals surface area contributed by atoms with E-state index in [0.29, 0.717) is 5.92 Å². The number of aromatic nitrogens is 6. The molecule has 0 spiro atoms. The fourth-order valence-corrected chi connectivity index (χ4v) is 3.82. The predicted octanol–water partition coefficient (Wildman–Crippen LogP) is 3.52. The summed E-state index contributed by atoms with van der Waals surface area (Å²) in [4.78, 5) is 13.8. The molecule has 0 radical (unpaired) electrons. The number of pyridine rings is 1. The van der Waals surface area contributed by atoms with Gasteiger partial charge in [-0.15, -0.1) is 0 Å². The van der Waals surface area contributed by atoms with Crippen molar-refractivity contribution < 1.29 is 4.74 Å². The van der Waals surface area contributed by atoms with Crippen molar-refractivity contribution in [2.75, 3.05) is 13.2 Å². The molecule has 1 aliphatic rings. The van der Waals surface area contributed by atoms with E-state index in [1.165, 1.54) is 0 Å². The molecule has 4 heterocycles. The van der Waals surface area contributed by atoms with Crippen molar-refractivity contribution in [2.45, 2.75) is 31.7 Å². The monoisotopic (exact) mass is 374 g/mol. The summed E-state index contributed by atoms with van der Waals surface area (Å²) >= 11 is 0.